The topological polar surface area (TPSA) is 81.7 Å². The van der Waals surface area contributed by atoms with E-state index >= 15 is 0 Å². The maximum atomic E-state index is 13.0. The first-order valence-corrected chi connectivity index (χ1v) is 22.4. The predicted molar refractivity (Wildman–Crippen MR) is 217 cm³/mol. The Morgan fingerprint density at radius 2 is 0.804 bits per heavy atom. The minimum Gasteiger partial charge on any atom is -0.466 e. The van der Waals surface area contributed by atoms with E-state index in [2.05, 4.69) is 39.9 Å². The van der Waals surface area contributed by atoms with Crippen molar-refractivity contribution in [2.24, 2.45) is 11.8 Å². The lowest BCUT2D eigenvalue weighted by molar-refractivity contribution is -0.149. The van der Waals surface area contributed by atoms with E-state index < -0.39 is 12.0 Å². The summed E-state index contributed by atoms with van der Waals surface area (Å²) in [7, 11) is 0. The lowest BCUT2D eigenvalue weighted by Gasteiger charge is -2.18. The van der Waals surface area contributed by atoms with Crippen molar-refractivity contribution < 1.29 is 23.9 Å². The molecule has 0 rings (SSSR count). The molecule has 0 aromatic heterocycles. The average molecular weight is 722 g/mol. The SMILES string of the molecule is CCCCCCCCCCCCCC(=O)N[C@@H](CCC(=O)OCCCCCCCCCCC(C)C)C(=O)OCCCCCCCCCCC(C)C. The van der Waals surface area contributed by atoms with Crippen molar-refractivity contribution in [2.75, 3.05) is 13.2 Å². The second-order valence-corrected chi connectivity index (χ2v) is 16.4. The molecule has 6 nitrogen and oxygen atoms in total. The second kappa shape index (κ2) is 38.1. The molecule has 302 valence electrons. The van der Waals surface area contributed by atoms with Gasteiger partial charge in [0.05, 0.1) is 13.2 Å². The van der Waals surface area contributed by atoms with E-state index in [-0.39, 0.29) is 24.7 Å². The Morgan fingerprint density at radius 1 is 0.431 bits per heavy atom. The number of ether oxygens (including phenoxy) is 2. The van der Waals surface area contributed by atoms with Crippen LogP contribution in [0.2, 0.25) is 0 Å². The van der Waals surface area contributed by atoms with Crippen LogP contribution in [0.25, 0.3) is 0 Å². The third kappa shape index (κ3) is 38.0. The summed E-state index contributed by atoms with van der Waals surface area (Å²) in [6.07, 6.45) is 36.1. The molecule has 0 fully saturated rings. The molecule has 0 saturated carbocycles. The molecule has 1 N–H and O–H groups in total. The molecule has 51 heavy (non-hydrogen) atoms. The smallest absolute Gasteiger partial charge is 0.328 e. The monoisotopic (exact) mass is 722 g/mol. The van der Waals surface area contributed by atoms with Gasteiger partial charge in [0, 0.05) is 12.8 Å². The van der Waals surface area contributed by atoms with E-state index in [4.69, 9.17) is 9.47 Å². The largest absolute Gasteiger partial charge is 0.466 e. The summed E-state index contributed by atoms with van der Waals surface area (Å²) in [5, 5.41) is 2.89. The van der Waals surface area contributed by atoms with E-state index in [1.165, 1.54) is 135 Å². The van der Waals surface area contributed by atoms with Crippen LogP contribution in [0.5, 0.6) is 0 Å². The minimum absolute atomic E-state index is 0.103. The lowest BCUT2D eigenvalue weighted by Crippen LogP contribution is -2.42. The van der Waals surface area contributed by atoms with Gasteiger partial charge in [-0.1, -0.05) is 202 Å². The highest BCUT2D eigenvalue weighted by Gasteiger charge is 2.23. The van der Waals surface area contributed by atoms with Crippen LogP contribution in [-0.4, -0.2) is 37.1 Å². The standard InChI is InChI=1S/C45H87NO5/c1-6-7-8-9-10-11-12-13-20-25-30-35-43(47)46-42(45(49)51-39-32-27-22-17-15-19-24-29-34-41(4)5)36-37-44(48)50-38-31-26-21-16-14-18-23-28-33-40(2)3/h40-42H,6-39H2,1-5H3,(H,46,47)/t42-/m0/s1. The van der Waals surface area contributed by atoms with Gasteiger partial charge in [-0.15, -0.1) is 0 Å². The van der Waals surface area contributed by atoms with Gasteiger partial charge in [0.25, 0.3) is 0 Å². The van der Waals surface area contributed by atoms with E-state index in [1.54, 1.807) is 0 Å². The van der Waals surface area contributed by atoms with Gasteiger partial charge < -0.3 is 14.8 Å². The molecular formula is C45H87NO5. The van der Waals surface area contributed by atoms with Crippen molar-refractivity contribution in [1.82, 2.24) is 5.32 Å². The molecule has 0 unspecified atom stereocenters. The van der Waals surface area contributed by atoms with Gasteiger partial charge in [-0.2, -0.15) is 0 Å². The van der Waals surface area contributed by atoms with Crippen LogP contribution in [0.15, 0.2) is 0 Å². The van der Waals surface area contributed by atoms with Gasteiger partial charge in [-0.05, 0) is 37.5 Å². The Morgan fingerprint density at radius 3 is 1.24 bits per heavy atom. The van der Waals surface area contributed by atoms with Gasteiger partial charge in [0.15, 0.2) is 0 Å². The zero-order valence-electron chi connectivity index (χ0n) is 34.8. The third-order valence-corrected chi connectivity index (χ3v) is 10.1. The summed E-state index contributed by atoms with van der Waals surface area (Å²) in [6, 6.07) is -0.802. The summed E-state index contributed by atoms with van der Waals surface area (Å²) < 4.78 is 11.1. The third-order valence-electron chi connectivity index (χ3n) is 10.1. The highest BCUT2D eigenvalue weighted by Crippen LogP contribution is 2.15. The van der Waals surface area contributed by atoms with Crippen LogP contribution in [0, 0.1) is 11.8 Å². The second-order valence-electron chi connectivity index (χ2n) is 16.4. The Balaban J connectivity index is 4.36. The zero-order chi connectivity index (χ0) is 37.6. The zero-order valence-corrected chi connectivity index (χ0v) is 34.8. The molecule has 1 amide bonds. The van der Waals surface area contributed by atoms with E-state index in [0.717, 1.165) is 63.2 Å². The number of nitrogens with one attached hydrogen (secondary N) is 1. The molecule has 6 heteroatoms. The van der Waals surface area contributed by atoms with Gasteiger partial charge in [0.1, 0.15) is 6.04 Å². The van der Waals surface area contributed by atoms with Crippen molar-refractivity contribution in [1.29, 1.82) is 0 Å². The Bertz CT molecular complexity index is 783. The van der Waals surface area contributed by atoms with Gasteiger partial charge in [0.2, 0.25) is 5.91 Å². The number of unbranched alkanes of at least 4 members (excludes halogenated alkanes) is 24. The van der Waals surface area contributed by atoms with Crippen LogP contribution in [-0.2, 0) is 23.9 Å². The molecule has 0 aromatic rings. The number of amides is 1. The summed E-state index contributed by atoms with van der Waals surface area (Å²) in [6.45, 7) is 12.2. The van der Waals surface area contributed by atoms with Gasteiger partial charge in [-0.3, -0.25) is 9.59 Å². The van der Waals surface area contributed by atoms with Crippen molar-refractivity contribution in [2.45, 2.75) is 246 Å². The van der Waals surface area contributed by atoms with Crippen LogP contribution in [0.3, 0.4) is 0 Å². The van der Waals surface area contributed by atoms with Crippen molar-refractivity contribution in [3.05, 3.63) is 0 Å². The highest BCUT2D eigenvalue weighted by atomic mass is 16.5. The number of esters is 2. The molecule has 0 aromatic carbocycles. The summed E-state index contributed by atoms with van der Waals surface area (Å²) in [5.41, 5.74) is 0. The molecule has 0 bridgehead atoms. The van der Waals surface area contributed by atoms with Crippen LogP contribution < -0.4 is 5.32 Å². The van der Waals surface area contributed by atoms with E-state index in [1.807, 2.05) is 0 Å². The van der Waals surface area contributed by atoms with Crippen LogP contribution in [0.4, 0.5) is 0 Å². The maximum Gasteiger partial charge on any atom is 0.328 e. The Kier molecular flexibility index (Phi) is 37.0. The first-order chi connectivity index (χ1) is 24.8. The molecule has 1 atom stereocenters. The van der Waals surface area contributed by atoms with Crippen LogP contribution >= 0.6 is 0 Å². The number of carbonyl (C=O) groups is 3. The van der Waals surface area contributed by atoms with Crippen molar-refractivity contribution in [3.63, 3.8) is 0 Å². The molecule has 0 aliphatic rings. The average Bonchev–Trinajstić information content (AvgIpc) is 3.09. The van der Waals surface area contributed by atoms with Crippen molar-refractivity contribution >= 4 is 17.8 Å². The normalized spacial score (nSPS) is 12.1. The molecule has 0 radical (unpaired) electrons. The van der Waals surface area contributed by atoms with Gasteiger partial charge >= 0.3 is 11.9 Å². The van der Waals surface area contributed by atoms with Crippen molar-refractivity contribution in [3.8, 4) is 0 Å². The maximum absolute atomic E-state index is 13.0. The Hall–Kier alpha value is -1.59. The quantitative estimate of drug-likeness (QED) is 0.0505. The molecular weight excluding hydrogens is 634 g/mol. The fourth-order valence-corrected chi connectivity index (χ4v) is 6.69. The fraction of sp³-hybridized carbons (Fsp3) is 0.933. The predicted octanol–water partition coefficient (Wildman–Crippen LogP) is 13.4. The number of rotatable bonds is 39. The minimum atomic E-state index is -0.802. The first-order valence-electron chi connectivity index (χ1n) is 22.4. The Labute approximate surface area is 317 Å². The van der Waals surface area contributed by atoms with Gasteiger partial charge in [-0.25, -0.2) is 4.79 Å². The van der Waals surface area contributed by atoms with E-state index in [0.29, 0.717) is 19.6 Å². The summed E-state index contributed by atoms with van der Waals surface area (Å²) >= 11 is 0. The highest BCUT2D eigenvalue weighted by molar-refractivity contribution is 5.85. The molecule has 0 heterocycles. The van der Waals surface area contributed by atoms with Crippen LogP contribution in [0.1, 0.15) is 240 Å². The lowest BCUT2D eigenvalue weighted by atomic mass is 10.0. The first kappa shape index (κ1) is 49.4. The fourth-order valence-electron chi connectivity index (χ4n) is 6.69. The van der Waals surface area contributed by atoms with E-state index in [9.17, 15) is 14.4 Å². The molecule has 0 spiro atoms. The summed E-state index contributed by atoms with van der Waals surface area (Å²) in [5.74, 6) is 0.743. The molecule has 0 aliphatic heterocycles. The molecule has 0 saturated heterocycles. The summed E-state index contributed by atoms with van der Waals surface area (Å²) in [4.78, 5) is 38.3. The number of hydrogen-bond acceptors (Lipinski definition) is 5. The molecule has 0 aliphatic carbocycles. The number of hydrogen-bond donors (Lipinski definition) is 1. The number of carbonyl (C=O) groups excluding carboxylic acids is 3.